The molecule has 80 valence electrons. The van der Waals surface area contributed by atoms with E-state index in [-0.39, 0.29) is 11.3 Å². The topological polar surface area (TPSA) is 18.5 Å². The Balaban J connectivity index is 3.32. The summed E-state index contributed by atoms with van der Waals surface area (Å²) in [6, 6.07) is 0. The van der Waals surface area contributed by atoms with Gasteiger partial charge in [-0.15, -0.1) is 0 Å². The van der Waals surface area contributed by atoms with Crippen LogP contribution in [0.15, 0.2) is 0 Å². The predicted molar refractivity (Wildman–Crippen MR) is 59.0 cm³/mol. The highest BCUT2D eigenvalue weighted by Gasteiger charge is 2.08. The summed E-state index contributed by atoms with van der Waals surface area (Å²) >= 11 is 3.48. The molecular formula is C10H21BrO2. The number of hydrogen-bond donors (Lipinski definition) is 0. The molecule has 0 fully saturated rings. The van der Waals surface area contributed by atoms with Crippen molar-refractivity contribution in [3.63, 3.8) is 0 Å². The second kappa shape index (κ2) is 8.97. The maximum Gasteiger partial charge on any atom is 0.156 e. The first-order valence-corrected chi connectivity index (χ1v) is 6.03. The minimum Gasteiger partial charge on any atom is -0.353 e. The SMILES string of the molecule is CCCCCC(Br)OC(C)OCC. The first-order chi connectivity index (χ1) is 6.20. The minimum absolute atomic E-state index is 0.101. The zero-order valence-corrected chi connectivity index (χ0v) is 10.5. The molecule has 0 radical (unpaired) electrons. The first-order valence-electron chi connectivity index (χ1n) is 5.11. The van der Waals surface area contributed by atoms with Crippen LogP contribution >= 0.6 is 15.9 Å². The van der Waals surface area contributed by atoms with E-state index in [1.165, 1.54) is 19.3 Å². The molecule has 0 rings (SSSR count). The van der Waals surface area contributed by atoms with E-state index in [0.717, 1.165) is 6.42 Å². The summed E-state index contributed by atoms with van der Waals surface area (Å²) in [7, 11) is 0. The molecule has 13 heavy (non-hydrogen) atoms. The Morgan fingerprint density at radius 1 is 1.23 bits per heavy atom. The zero-order valence-electron chi connectivity index (χ0n) is 8.88. The summed E-state index contributed by atoms with van der Waals surface area (Å²) in [5, 5.41) is 0.139. The van der Waals surface area contributed by atoms with Crippen LogP contribution in [0.5, 0.6) is 0 Å². The molecule has 0 aliphatic carbocycles. The van der Waals surface area contributed by atoms with Crippen LogP contribution in [-0.4, -0.2) is 17.9 Å². The van der Waals surface area contributed by atoms with E-state index in [4.69, 9.17) is 9.47 Å². The maximum atomic E-state index is 5.53. The fourth-order valence-corrected chi connectivity index (χ4v) is 1.73. The van der Waals surface area contributed by atoms with Gasteiger partial charge in [0, 0.05) is 6.61 Å². The lowest BCUT2D eigenvalue weighted by molar-refractivity contribution is -0.135. The van der Waals surface area contributed by atoms with Crippen LogP contribution in [0.25, 0.3) is 0 Å². The third kappa shape index (κ3) is 8.72. The molecule has 0 heterocycles. The van der Waals surface area contributed by atoms with Crippen molar-refractivity contribution >= 4 is 15.9 Å². The van der Waals surface area contributed by atoms with Gasteiger partial charge in [-0.05, 0) is 26.7 Å². The largest absolute Gasteiger partial charge is 0.353 e. The van der Waals surface area contributed by atoms with Crippen LogP contribution in [0.3, 0.4) is 0 Å². The first kappa shape index (κ1) is 13.4. The van der Waals surface area contributed by atoms with Gasteiger partial charge in [-0.3, -0.25) is 0 Å². The number of rotatable bonds is 8. The number of alkyl halides is 1. The van der Waals surface area contributed by atoms with Crippen LogP contribution in [0.4, 0.5) is 0 Å². The van der Waals surface area contributed by atoms with Crippen LogP contribution in [0.1, 0.15) is 46.5 Å². The van der Waals surface area contributed by atoms with Gasteiger partial charge in [0.2, 0.25) is 0 Å². The summed E-state index contributed by atoms with van der Waals surface area (Å²) in [6.45, 7) is 6.81. The smallest absolute Gasteiger partial charge is 0.156 e. The van der Waals surface area contributed by atoms with Gasteiger partial charge < -0.3 is 9.47 Å². The average molecular weight is 253 g/mol. The van der Waals surface area contributed by atoms with Crippen molar-refractivity contribution in [2.45, 2.75) is 57.8 Å². The molecule has 0 saturated heterocycles. The van der Waals surface area contributed by atoms with Crippen molar-refractivity contribution in [1.29, 1.82) is 0 Å². The van der Waals surface area contributed by atoms with Crippen LogP contribution in [-0.2, 0) is 9.47 Å². The summed E-state index contributed by atoms with van der Waals surface area (Å²) in [5.41, 5.74) is 0. The summed E-state index contributed by atoms with van der Waals surface area (Å²) in [4.78, 5) is 0. The average Bonchev–Trinajstić information content (AvgIpc) is 2.05. The molecule has 2 nitrogen and oxygen atoms in total. The summed E-state index contributed by atoms with van der Waals surface area (Å²) in [5.74, 6) is 0. The summed E-state index contributed by atoms with van der Waals surface area (Å²) in [6.07, 6.45) is 4.70. The molecule has 2 atom stereocenters. The van der Waals surface area contributed by atoms with E-state index in [1.54, 1.807) is 0 Å². The third-order valence-electron chi connectivity index (χ3n) is 1.78. The molecular weight excluding hydrogens is 232 g/mol. The monoisotopic (exact) mass is 252 g/mol. The van der Waals surface area contributed by atoms with Crippen molar-refractivity contribution < 1.29 is 9.47 Å². The van der Waals surface area contributed by atoms with Gasteiger partial charge in [-0.25, -0.2) is 0 Å². The van der Waals surface area contributed by atoms with Crippen molar-refractivity contribution in [3.8, 4) is 0 Å². The molecule has 0 N–H and O–H groups in total. The molecule has 0 saturated carbocycles. The Hall–Kier alpha value is 0.400. The van der Waals surface area contributed by atoms with E-state index < -0.39 is 0 Å². The van der Waals surface area contributed by atoms with Gasteiger partial charge in [0.05, 0.1) is 0 Å². The van der Waals surface area contributed by atoms with Crippen molar-refractivity contribution in [2.24, 2.45) is 0 Å². The third-order valence-corrected chi connectivity index (χ3v) is 2.45. The van der Waals surface area contributed by atoms with Gasteiger partial charge >= 0.3 is 0 Å². The molecule has 0 spiro atoms. The van der Waals surface area contributed by atoms with E-state index in [9.17, 15) is 0 Å². The normalized spacial score (nSPS) is 15.7. The van der Waals surface area contributed by atoms with Crippen LogP contribution in [0.2, 0.25) is 0 Å². The second-order valence-electron chi connectivity index (χ2n) is 3.06. The van der Waals surface area contributed by atoms with Crippen LogP contribution in [0, 0.1) is 0 Å². The molecule has 0 aromatic heterocycles. The van der Waals surface area contributed by atoms with E-state index in [2.05, 4.69) is 22.9 Å². The lowest BCUT2D eigenvalue weighted by atomic mass is 10.2. The standard InChI is InChI=1S/C10H21BrO2/c1-4-6-7-8-10(11)13-9(3)12-5-2/h9-10H,4-8H2,1-3H3. The fraction of sp³-hybridized carbons (Fsp3) is 1.00. The lowest BCUT2D eigenvalue weighted by Gasteiger charge is -2.17. The van der Waals surface area contributed by atoms with Crippen molar-refractivity contribution in [1.82, 2.24) is 0 Å². The number of halogens is 1. The lowest BCUT2D eigenvalue weighted by Crippen LogP contribution is -2.17. The second-order valence-corrected chi connectivity index (χ2v) is 4.09. The highest BCUT2D eigenvalue weighted by molar-refractivity contribution is 9.09. The Morgan fingerprint density at radius 2 is 1.92 bits per heavy atom. The van der Waals surface area contributed by atoms with Gasteiger partial charge in [-0.1, -0.05) is 35.7 Å². The number of ether oxygens (including phenoxy) is 2. The Morgan fingerprint density at radius 3 is 2.46 bits per heavy atom. The molecule has 0 aliphatic rings. The van der Waals surface area contributed by atoms with E-state index in [1.807, 2.05) is 13.8 Å². The Labute approximate surface area is 90.1 Å². The minimum atomic E-state index is -0.101. The number of hydrogen-bond acceptors (Lipinski definition) is 2. The van der Waals surface area contributed by atoms with E-state index in [0.29, 0.717) is 6.61 Å². The summed E-state index contributed by atoms with van der Waals surface area (Å²) < 4.78 is 10.8. The molecule has 3 heteroatoms. The molecule has 0 aromatic carbocycles. The van der Waals surface area contributed by atoms with Crippen LogP contribution < -0.4 is 0 Å². The van der Waals surface area contributed by atoms with Gasteiger partial charge in [0.1, 0.15) is 5.01 Å². The van der Waals surface area contributed by atoms with Crippen molar-refractivity contribution in [3.05, 3.63) is 0 Å². The Bertz CT molecular complexity index is 109. The quantitative estimate of drug-likeness (QED) is 0.373. The van der Waals surface area contributed by atoms with Gasteiger partial charge in [0.25, 0.3) is 0 Å². The van der Waals surface area contributed by atoms with Gasteiger partial charge in [-0.2, -0.15) is 0 Å². The fourth-order valence-electron chi connectivity index (χ4n) is 1.10. The maximum absolute atomic E-state index is 5.53. The van der Waals surface area contributed by atoms with E-state index >= 15 is 0 Å². The van der Waals surface area contributed by atoms with Crippen molar-refractivity contribution in [2.75, 3.05) is 6.61 Å². The predicted octanol–water partition coefficient (Wildman–Crippen LogP) is 3.69. The number of unbranched alkanes of at least 4 members (excludes halogenated alkanes) is 2. The Kier molecular flexibility index (Phi) is 9.25. The molecule has 0 aromatic rings. The molecule has 0 aliphatic heterocycles. The molecule has 0 bridgehead atoms. The highest BCUT2D eigenvalue weighted by atomic mass is 79.9. The highest BCUT2D eigenvalue weighted by Crippen LogP contribution is 2.14. The zero-order chi connectivity index (χ0) is 10.1. The molecule has 2 unspecified atom stereocenters. The molecule has 0 amide bonds. The van der Waals surface area contributed by atoms with Gasteiger partial charge in [0.15, 0.2) is 6.29 Å².